The normalized spacial score (nSPS) is 16.7. The minimum Gasteiger partial charge on any atom is -0.485 e. The molecule has 0 unspecified atom stereocenters. The fourth-order valence-corrected chi connectivity index (χ4v) is 1.91. The van der Waals surface area contributed by atoms with Crippen LogP contribution in [0.4, 0.5) is 0 Å². The standard InChI is InChI=1S/C12H21O2.Y/c1-3-7-10(2)12(13)14-11-8-5-4-6-9-11;/h11H,3-9H2,1-2H3;/q-1;. The Hall–Kier alpha value is 0.444. The van der Waals surface area contributed by atoms with Crippen LogP contribution >= 0.6 is 0 Å². The number of carbonyl (C=O) groups excluding carboxylic acids is 1. The van der Waals surface area contributed by atoms with Crippen molar-refractivity contribution in [3.8, 4) is 0 Å². The number of hydrogen-bond acceptors (Lipinski definition) is 2. The summed E-state index contributed by atoms with van der Waals surface area (Å²) in [7, 11) is 0. The molecule has 0 N–H and O–H groups in total. The second-order valence-corrected chi connectivity index (χ2v) is 4.20. The van der Waals surface area contributed by atoms with Crippen LogP contribution in [0, 0.1) is 5.92 Å². The molecule has 0 aromatic heterocycles. The Morgan fingerprint density at radius 1 is 1.33 bits per heavy atom. The number of esters is 1. The van der Waals surface area contributed by atoms with E-state index in [1.807, 2.05) is 6.92 Å². The Labute approximate surface area is 118 Å². The number of carbonyl (C=O) groups is 1. The first-order valence-corrected chi connectivity index (χ1v) is 5.77. The molecule has 85 valence electrons. The van der Waals surface area contributed by atoms with Crippen LogP contribution in [0.25, 0.3) is 0 Å². The number of ether oxygens (including phenoxy) is 1. The van der Waals surface area contributed by atoms with Crippen molar-refractivity contribution >= 4 is 5.97 Å². The fraction of sp³-hybridized carbons (Fsp3) is 0.833. The largest absolute Gasteiger partial charge is 0.485 e. The molecule has 15 heavy (non-hydrogen) atoms. The molecule has 2 nitrogen and oxygen atoms in total. The van der Waals surface area contributed by atoms with Crippen LogP contribution in [0.15, 0.2) is 0 Å². The van der Waals surface area contributed by atoms with Gasteiger partial charge in [0.1, 0.15) is 0 Å². The van der Waals surface area contributed by atoms with E-state index in [4.69, 9.17) is 4.74 Å². The maximum atomic E-state index is 11.5. The van der Waals surface area contributed by atoms with Crippen LogP contribution in [-0.2, 0) is 42.2 Å². The molecule has 1 saturated carbocycles. The Balaban J connectivity index is 0.00000196. The molecule has 1 aliphatic rings. The van der Waals surface area contributed by atoms with Crippen molar-refractivity contribution in [2.45, 2.75) is 64.9 Å². The zero-order valence-corrected chi connectivity index (χ0v) is 12.8. The first-order valence-electron chi connectivity index (χ1n) is 5.77. The molecule has 0 bridgehead atoms. The third kappa shape index (κ3) is 5.92. The Morgan fingerprint density at radius 3 is 2.47 bits per heavy atom. The molecule has 1 rings (SSSR count). The van der Waals surface area contributed by atoms with Crippen LogP contribution in [0.2, 0.25) is 0 Å². The second-order valence-electron chi connectivity index (χ2n) is 4.20. The number of rotatable bonds is 4. The minimum atomic E-state index is -0.0706. The minimum absolute atomic E-state index is 0. The van der Waals surface area contributed by atoms with E-state index in [-0.39, 0.29) is 44.8 Å². The van der Waals surface area contributed by atoms with Gasteiger partial charge >= 0.3 is 0 Å². The van der Waals surface area contributed by atoms with E-state index >= 15 is 0 Å². The van der Waals surface area contributed by atoms with Crippen molar-refractivity contribution < 1.29 is 42.2 Å². The molecule has 0 amide bonds. The third-order valence-corrected chi connectivity index (χ3v) is 2.80. The molecule has 1 aliphatic carbocycles. The van der Waals surface area contributed by atoms with Crippen molar-refractivity contribution in [1.82, 2.24) is 0 Å². The van der Waals surface area contributed by atoms with E-state index in [0.29, 0.717) is 0 Å². The molecule has 0 aliphatic heterocycles. The summed E-state index contributed by atoms with van der Waals surface area (Å²) in [6, 6.07) is 0. The van der Waals surface area contributed by atoms with Gasteiger partial charge in [-0.25, -0.2) is 0 Å². The quantitative estimate of drug-likeness (QED) is 0.585. The average molecular weight is 286 g/mol. The first-order chi connectivity index (χ1) is 6.74. The van der Waals surface area contributed by atoms with Crippen LogP contribution in [0.1, 0.15) is 58.8 Å². The Kier molecular flexibility index (Phi) is 8.83. The van der Waals surface area contributed by atoms with Gasteiger partial charge in [0.15, 0.2) is 5.97 Å². The van der Waals surface area contributed by atoms with Gasteiger partial charge in [-0.3, -0.25) is 10.7 Å². The van der Waals surface area contributed by atoms with Crippen molar-refractivity contribution in [3.63, 3.8) is 0 Å². The molecular formula is C12H21O2Y-. The van der Waals surface area contributed by atoms with Gasteiger partial charge in [-0.2, -0.15) is 13.3 Å². The third-order valence-electron chi connectivity index (χ3n) is 2.80. The van der Waals surface area contributed by atoms with Gasteiger partial charge in [-0.15, -0.1) is 0 Å². The summed E-state index contributed by atoms with van der Waals surface area (Å²) in [6.07, 6.45) is 7.93. The smallest absolute Gasteiger partial charge is 0.169 e. The Bertz CT molecular complexity index is 176. The average Bonchev–Trinajstić information content (AvgIpc) is 2.19. The summed E-state index contributed by atoms with van der Waals surface area (Å²) in [5, 5.41) is 0. The van der Waals surface area contributed by atoms with Crippen LogP contribution in [0.5, 0.6) is 0 Å². The van der Waals surface area contributed by atoms with E-state index < -0.39 is 0 Å². The van der Waals surface area contributed by atoms with Gasteiger partial charge in [-0.05, 0) is 25.7 Å². The first kappa shape index (κ1) is 15.4. The molecule has 0 aromatic carbocycles. The maximum Gasteiger partial charge on any atom is 0.169 e. The molecule has 0 saturated heterocycles. The predicted octanol–water partition coefficient (Wildman–Crippen LogP) is 3.25. The van der Waals surface area contributed by atoms with Crippen LogP contribution in [-0.4, -0.2) is 12.1 Å². The second kappa shape index (κ2) is 8.58. The monoisotopic (exact) mass is 286 g/mol. The van der Waals surface area contributed by atoms with E-state index in [1.165, 1.54) is 19.3 Å². The molecule has 0 heterocycles. The molecule has 0 aromatic rings. The van der Waals surface area contributed by atoms with Crippen LogP contribution < -0.4 is 0 Å². The SMILES string of the molecule is CCC[C-](C)C(=O)OC1CCCCC1.[Y]. The van der Waals surface area contributed by atoms with Crippen molar-refractivity contribution in [3.05, 3.63) is 5.92 Å². The summed E-state index contributed by atoms with van der Waals surface area (Å²) in [5.41, 5.74) is 0. The summed E-state index contributed by atoms with van der Waals surface area (Å²) in [4.78, 5) is 11.5. The van der Waals surface area contributed by atoms with Crippen molar-refractivity contribution in [1.29, 1.82) is 0 Å². The predicted molar refractivity (Wildman–Crippen MR) is 56.8 cm³/mol. The summed E-state index contributed by atoms with van der Waals surface area (Å²) in [5.74, 6) is 0.803. The number of hydrogen-bond donors (Lipinski definition) is 0. The van der Waals surface area contributed by atoms with Gasteiger partial charge in [0.05, 0.1) is 6.10 Å². The Morgan fingerprint density at radius 2 is 1.93 bits per heavy atom. The fourth-order valence-electron chi connectivity index (χ4n) is 1.91. The molecule has 0 atom stereocenters. The summed E-state index contributed by atoms with van der Waals surface area (Å²) >= 11 is 0. The van der Waals surface area contributed by atoms with E-state index in [1.54, 1.807) is 0 Å². The molecular weight excluding hydrogens is 265 g/mol. The van der Waals surface area contributed by atoms with E-state index in [0.717, 1.165) is 31.6 Å². The van der Waals surface area contributed by atoms with Crippen molar-refractivity contribution in [2.75, 3.05) is 0 Å². The van der Waals surface area contributed by atoms with Gasteiger partial charge < -0.3 is 4.74 Å². The summed E-state index contributed by atoms with van der Waals surface area (Å²) in [6.45, 7) is 3.96. The van der Waals surface area contributed by atoms with Crippen molar-refractivity contribution in [2.24, 2.45) is 0 Å². The topological polar surface area (TPSA) is 26.3 Å². The van der Waals surface area contributed by atoms with E-state index in [2.05, 4.69) is 6.92 Å². The molecule has 0 spiro atoms. The van der Waals surface area contributed by atoms with Gasteiger partial charge in [0, 0.05) is 32.7 Å². The maximum absolute atomic E-state index is 11.5. The van der Waals surface area contributed by atoms with Gasteiger partial charge in [0.25, 0.3) is 0 Å². The van der Waals surface area contributed by atoms with Crippen LogP contribution in [0.3, 0.4) is 0 Å². The van der Waals surface area contributed by atoms with E-state index in [9.17, 15) is 4.79 Å². The molecule has 3 heteroatoms. The molecule has 1 fully saturated rings. The van der Waals surface area contributed by atoms with Gasteiger partial charge in [0.2, 0.25) is 0 Å². The zero-order chi connectivity index (χ0) is 10.4. The van der Waals surface area contributed by atoms with Gasteiger partial charge in [-0.1, -0.05) is 19.8 Å². The summed E-state index contributed by atoms with van der Waals surface area (Å²) < 4.78 is 5.43. The molecule has 1 radical (unpaired) electrons. The zero-order valence-electron chi connectivity index (χ0n) is 9.92.